The van der Waals surface area contributed by atoms with Crippen LogP contribution in [0.4, 0.5) is 0 Å². The Bertz CT molecular complexity index is 1670. The lowest BCUT2D eigenvalue weighted by Gasteiger charge is -2.37. The van der Waals surface area contributed by atoms with E-state index in [0.717, 1.165) is 45.4 Å². The van der Waals surface area contributed by atoms with Crippen LogP contribution in [0, 0.1) is 5.92 Å². The van der Waals surface area contributed by atoms with Gasteiger partial charge in [0.15, 0.2) is 0 Å². The van der Waals surface area contributed by atoms with Crippen molar-refractivity contribution in [3.05, 3.63) is 203 Å². The van der Waals surface area contributed by atoms with Crippen LogP contribution in [0.2, 0.25) is 0 Å². The predicted molar refractivity (Wildman–Crippen MR) is 178 cm³/mol. The molecule has 44 heavy (non-hydrogen) atoms. The fraction of sp³-hybridized carbons (Fsp3) is 0.0976. The molecule has 0 bridgehead atoms. The molecule has 0 heterocycles. The Morgan fingerprint density at radius 3 is 0.955 bits per heavy atom. The first-order valence-corrected chi connectivity index (χ1v) is 14.7. The molecule has 6 rings (SSSR count). The monoisotopic (exact) mass is 575 g/mol. The van der Waals surface area contributed by atoms with Crippen molar-refractivity contribution in [2.75, 3.05) is 21.3 Å². The Kier molecular flexibility index (Phi) is 8.47. The summed E-state index contributed by atoms with van der Waals surface area (Å²) in [5, 5.41) is 0. The molecule has 0 amide bonds. The van der Waals surface area contributed by atoms with Gasteiger partial charge in [0.1, 0.15) is 17.2 Å². The second-order valence-corrected chi connectivity index (χ2v) is 10.6. The van der Waals surface area contributed by atoms with Gasteiger partial charge in [-0.3, -0.25) is 0 Å². The van der Waals surface area contributed by atoms with E-state index < -0.39 is 5.41 Å². The first kappa shape index (κ1) is 28.8. The van der Waals surface area contributed by atoms with Crippen LogP contribution in [0.25, 0.3) is 0 Å². The highest BCUT2D eigenvalue weighted by molar-refractivity contribution is 5.63. The van der Waals surface area contributed by atoms with Crippen LogP contribution in [0.5, 0.6) is 17.2 Å². The molecule has 0 atom stereocenters. The Morgan fingerprint density at radius 1 is 0.341 bits per heavy atom. The van der Waals surface area contributed by atoms with Gasteiger partial charge in [0, 0.05) is 0 Å². The van der Waals surface area contributed by atoms with Gasteiger partial charge in [-0.1, -0.05) is 121 Å². The minimum absolute atomic E-state index is 0.548. The minimum atomic E-state index is -0.548. The molecule has 0 unspecified atom stereocenters. The lowest BCUT2D eigenvalue weighted by molar-refractivity contribution is 0.414. The van der Waals surface area contributed by atoms with Crippen LogP contribution in [0.3, 0.4) is 0 Å². The van der Waals surface area contributed by atoms with Crippen molar-refractivity contribution < 1.29 is 14.2 Å². The topological polar surface area (TPSA) is 27.7 Å². The zero-order chi connectivity index (χ0) is 30.4. The molecule has 1 radical (unpaired) electrons. The molecule has 3 heteroatoms. The number of methoxy groups -OCH3 is 3. The van der Waals surface area contributed by atoms with Gasteiger partial charge in [0.05, 0.1) is 32.7 Å². The van der Waals surface area contributed by atoms with Crippen molar-refractivity contribution >= 4 is 0 Å². The highest BCUT2D eigenvalue weighted by atomic mass is 16.5. The molecular weight excluding hydrogens is 540 g/mol. The van der Waals surface area contributed by atoms with E-state index in [1.54, 1.807) is 21.3 Å². The third-order valence-corrected chi connectivity index (χ3v) is 8.30. The van der Waals surface area contributed by atoms with Crippen LogP contribution in [0.1, 0.15) is 38.9 Å². The van der Waals surface area contributed by atoms with Crippen molar-refractivity contribution in [2.45, 2.75) is 5.41 Å². The molecule has 0 spiro atoms. The van der Waals surface area contributed by atoms with Gasteiger partial charge < -0.3 is 14.2 Å². The molecule has 0 saturated heterocycles. The molecular formula is C41H35O3. The summed E-state index contributed by atoms with van der Waals surface area (Å²) in [7, 11) is 5.09. The average molecular weight is 576 g/mol. The maximum absolute atomic E-state index is 5.54. The molecule has 6 aromatic rings. The number of rotatable bonds is 10. The fourth-order valence-electron chi connectivity index (χ4n) is 6.12. The summed E-state index contributed by atoms with van der Waals surface area (Å²) in [6.07, 6.45) is 0. The number of benzene rings is 6. The quantitative estimate of drug-likeness (QED) is 0.153. The van der Waals surface area contributed by atoms with Crippen LogP contribution < -0.4 is 14.2 Å². The summed E-state index contributed by atoms with van der Waals surface area (Å²) >= 11 is 0. The van der Waals surface area contributed by atoms with E-state index in [9.17, 15) is 0 Å². The van der Waals surface area contributed by atoms with E-state index in [0.29, 0.717) is 0 Å². The number of hydrogen-bond acceptors (Lipinski definition) is 3. The maximum atomic E-state index is 5.54. The standard InChI is InChI=1S/C41H35O3/c1-42-37-24-16-31(17-25-37)40(32-18-26-38(43-2)27-19-32)30-14-20-35(21-15-30)41(33-10-6-4-7-11-33,34-12-8-5-9-13-34)36-22-28-39(44-3)29-23-36/h4-29H,1-3H3. The van der Waals surface area contributed by atoms with E-state index >= 15 is 0 Å². The second-order valence-electron chi connectivity index (χ2n) is 10.6. The van der Waals surface area contributed by atoms with Gasteiger partial charge in [-0.2, -0.15) is 0 Å². The molecule has 6 aromatic carbocycles. The number of hydrogen-bond donors (Lipinski definition) is 0. The second kappa shape index (κ2) is 12.9. The molecule has 0 N–H and O–H groups in total. The van der Waals surface area contributed by atoms with Gasteiger partial charge in [0.25, 0.3) is 0 Å². The normalized spacial score (nSPS) is 11.3. The molecule has 217 valence electrons. The summed E-state index contributed by atoms with van der Waals surface area (Å²) in [6.45, 7) is 0. The summed E-state index contributed by atoms with van der Waals surface area (Å²) in [5.41, 5.74) is 7.51. The molecule has 0 aliphatic heterocycles. The Balaban J connectivity index is 1.54. The average Bonchev–Trinajstić information content (AvgIpc) is 3.11. The fourth-order valence-corrected chi connectivity index (χ4v) is 6.12. The Morgan fingerprint density at radius 2 is 0.614 bits per heavy atom. The van der Waals surface area contributed by atoms with Crippen molar-refractivity contribution in [1.29, 1.82) is 0 Å². The van der Waals surface area contributed by atoms with Crippen LogP contribution in [-0.4, -0.2) is 21.3 Å². The lowest BCUT2D eigenvalue weighted by Crippen LogP contribution is -2.31. The van der Waals surface area contributed by atoms with Crippen LogP contribution >= 0.6 is 0 Å². The molecule has 0 aliphatic rings. The zero-order valence-electron chi connectivity index (χ0n) is 25.2. The van der Waals surface area contributed by atoms with E-state index in [1.807, 2.05) is 36.4 Å². The van der Waals surface area contributed by atoms with Gasteiger partial charge in [0.2, 0.25) is 0 Å². The minimum Gasteiger partial charge on any atom is -0.497 e. The molecule has 0 saturated carbocycles. The largest absolute Gasteiger partial charge is 0.497 e. The van der Waals surface area contributed by atoms with Crippen molar-refractivity contribution in [2.24, 2.45) is 0 Å². The van der Waals surface area contributed by atoms with Gasteiger partial charge >= 0.3 is 0 Å². The summed E-state index contributed by atoms with van der Waals surface area (Å²) < 4.78 is 16.4. The highest BCUT2D eigenvalue weighted by Gasteiger charge is 2.38. The molecule has 0 aliphatic carbocycles. The third-order valence-electron chi connectivity index (χ3n) is 8.30. The molecule has 3 nitrogen and oxygen atoms in total. The van der Waals surface area contributed by atoms with E-state index in [4.69, 9.17) is 14.2 Å². The van der Waals surface area contributed by atoms with Gasteiger partial charge in [-0.15, -0.1) is 0 Å². The van der Waals surface area contributed by atoms with Crippen molar-refractivity contribution in [1.82, 2.24) is 0 Å². The zero-order valence-corrected chi connectivity index (χ0v) is 25.2. The van der Waals surface area contributed by atoms with Gasteiger partial charge in [-0.05, 0) is 75.3 Å². The smallest absolute Gasteiger partial charge is 0.118 e. The molecule has 0 fully saturated rings. The summed E-state index contributed by atoms with van der Waals surface area (Å²) in [6, 6.07) is 55.4. The van der Waals surface area contributed by atoms with Crippen LogP contribution in [0.15, 0.2) is 158 Å². The Hall–Kier alpha value is -5.28. The van der Waals surface area contributed by atoms with Crippen LogP contribution in [-0.2, 0) is 5.41 Å². The summed E-state index contributed by atoms with van der Waals surface area (Å²) in [5.74, 6) is 3.62. The van der Waals surface area contributed by atoms with E-state index in [1.165, 1.54) is 16.7 Å². The Labute approximate surface area is 260 Å². The number of ether oxygens (including phenoxy) is 3. The third kappa shape index (κ3) is 5.45. The maximum Gasteiger partial charge on any atom is 0.118 e. The van der Waals surface area contributed by atoms with E-state index in [2.05, 4.69) is 121 Å². The predicted octanol–water partition coefficient (Wildman–Crippen LogP) is 9.11. The summed E-state index contributed by atoms with van der Waals surface area (Å²) in [4.78, 5) is 0. The molecule has 0 aromatic heterocycles. The van der Waals surface area contributed by atoms with Crippen molar-refractivity contribution in [3.8, 4) is 17.2 Å². The van der Waals surface area contributed by atoms with Gasteiger partial charge in [-0.25, -0.2) is 0 Å². The van der Waals surface area contributed by atoms with Crippen molar-refractivity contribution in [3.63, 3.8) is 0 Å². The highest BCUT2D eigenvalue weighted by Crippen LogP contribution is 2.46. The first-order chi connectivity index (χ1) is 21.7. The SMILES string of the molecule is COc1ccc([C](c2ccc(OC)cc2)c2ccc(C(c3ccccc3)(c3ccccc3)c3ccc(OC)cc3)cc2)cc1. The lowest BCUT2D eigenvalue weighted by atomic mass is 9.65. The first-order valence-electron chi connectivity index (χ1n) is 14.7. The van der Waals surface area contributed by atoms with E-state index in [-0.39, 0.29) is 0 Å².